The summed E-state index contributed by atoms with van der Waals surface area (Å²) in [6.07, 6.45) is 5.17. The van der Waals surface area contributed by atoms with Crippen LogP contribution in [0.25, 0.3) is 10.9 Å². The van der Waals surface area contributed by atoms with E-state index in [2.05, 4.69) is 6.07 Å². The molecular formula is C21H28N2O3. The fourth-order valence-electron chi connectivity index (χ4n) is 4.66. The van der Waals surface area contributed by atoms with Crippen molar-refractivity contribution in [3.05, 3.63) is 36.0 Å². The highest BCUT2D eigenvalue weighted by Gasteiger charge is 2.47. The lowest BCUT2D eigenvalue weighted by Gasteiger charge is -2.50. The van der Waals surface area contributed by atoms with Crippen molar-refractivity contribution in [3.63, 3.8) is 0 Å². The second kappa shape index (κ2) is 7.05. The van der Waals surface area contributed by atoms with Gasteiger partial charge in [0.15, 0.2) is 0 Å². The number of rotatable bonds is 4. The van der Waals surface area contributed by atoms with Crippen LogP contribution >= 0.6 is 0 Å². The largest absolute Gasteiger partial charge is 0.381 e. The van der Waals surface area contributed by atoms with Crippen LogP contribution < -0.4 is 0 Å². The molecule has 140 valence electrons. The molecule has 2 saturated heterocycles. The fraction of sp³-hybridized carbons (Fsp3) is 0.571. The number of fused-ring (bicyclic) bond motifs is 2. The Hall–Kier alpha value is -1.85. The van der Waals surface area contributed by atoms with Crippen LogP contribution in [-0.2, 0) is 16.5 Å². The minimum atomic E-state index is -0.0627. The summed E-state index contributed by atoms with van der Waals surface area (Å²) in [6.45, 7) is 5.70. The minimum Gasteiger partial charge on any atom is -0.381 e. The molecule has 0 aliphatic carbocycles. The van der Waals surface area contributed by atoms with Crippen LogP contribution in [0.1, 0.15) is 36.5 Å². The van der Waals surface area contributed by atoms with Crippen LogP contribution in [0, 0.1) is 5.41 Å². The second-order valence-corrected chi connectivity index (χ2v) is 7.65. The summed E-state index contributed by atoms with van der Waals surface area (Å²) in [4.78, 5) is 15.4. The molecule has 0 radical (unpaired) electrons. The molecule has 2 aromatic rings. The van der Waals surface area contributed by atoms with Gasteiger partial charge in [0.1, 0.15) is 0 Å². The first-order valence-corrected chi connectivity index (χ1v) is 9.67. The SMILES string of the molecule is CCOC[C@@]12CCCO[C@@H]1CCN(C(=O)c1cn(C)c3ccccc13)C2. The van der Waals surface area contributed by atoms with Crippen LogP contribution in [0.5, 0.6) is 0 Å². The van der Waals surface area contributed by atoms with Gasteiger partial charge in [0.2, 0.25) is 0 Å². The Labute approximate surface area is 154 Å². The predicted molar refractivity (Wildman–Crippen MR) is 101 cm³/mol. The van der Waals surface area contributed by atoms with E-state index in [4.69, 9.17) is 9.47 Å². The highest BCUT2D eigenvalue weighted by atomic mass is 16.5. The number of carbonyl (C=O) groups excluding carboxylic acids is 1. The third-order valence-corrected chi connectivity index (χ3v) is 6.00. The van der Waals surface area contributed by atoms with Crippen molar-refractivity contribution in [2.45, 2.75) is 32.3 Å². The first kappa shape index (κ1) is 17.6. The van der Waals surface area contributed by atoms with Gasteiger partial charge in [-0.1, -0.05) is 18.2 Å². The highest BCUT2D eigenvalue weighted by molar-refractivity contribution is 6.07. The monoisotopic (exact) mass is 356 g/mol. The number of hydrogen-bond acceptors (Lipinski definition) is 3. The van der Waals surface area contributed by atoms with E-state index in [0.717, 1.165) is 55.4 Å². The van der Waals surface area contributed by atoms with Crippen LogP contribution in [0.4, 0.5) is 0 Å². The number of nitrogens with zero attached hydrogens (tertiary/aromatic N) is 2. The number of amides is 1. The third kappa shape index (κ3) is 2.93. The zero-order valence-electron chi connectivity index (χ0n) is 15.7. The molecule has 0 bridgehead atoms. The molecule has 26 heavy (non-hydrogen) atoms. The molecule has 0 unspecified atom stereocenters. The van der Waals surface area contributed by atoms with Crippen LogP contribution in [0.2, 0.25) is 0 Å². The first-order valence-electron chi connectivity index (χ1n) is 9.67. The van der Waals surface area contributed by atoms with Crippen molar-refractivity contribution in [3.8, 4) is 0 Å². The van der Waals surface area contributed by atoms with Crippen molar-refractivity contribution in [1.29, 1.82) is 0 Å². The number of benzene rings is 1. The lowest BCUT2D eigenvalue weighted by Crippen LogP contribution is -2.58. The van der Waals surface area contributed by atoms with Crippen molar-refractivity contribution in [2.75, 3.05) is 32.9 Å². The van der Waals surface area contributed by atoms with Crippen LogP contribution in [0.3, 0.4) is 0 Å². The molecule has 1 aromatic carbocycles. The Balaban J connectivity index is 1.62. The molecule has 2 fully saturated rings. The lowest BCUT2D eigenvalue weighted by atomic mass is 9.73. The number of hydrogen-bond donors (Lipinski definition) is 0. The number of carbonyl (C=O) groups is 1. The van der Waals surface area contributed by atoms with Gasteiger partial charge in [0.05, 0.1) is 18.3 Å². The molecule has 4 rings (SSSR count). The fourth-order valence-corrected chi connectivity index (χ4v) is 4.66. The maximum Gasteiger partial charge on any atom is 0.256 e. The standard InChI is InChI=1S/C21H28N2O3/c1-3-25-15-21-10-6-12-26-19(21)9-11-23(14-21)20(24)17-13-22(2)18-8-5-4-7-16(17)18/h4-5,7-8,13,19H,3,6,9-12,14-15H2,1-2H3/t19-,21+/m1/s1. The van der Waals surface area contributed by atoms with E-state index >= 15 is 0 Å². The van der Waals surface area contributed by atoms with E-state index in [-0.39, 0.29) is 17.4 Å². The Kier molecular flexibility index (Phi) is 4.76. The van der Waals surface area contributed by atoms with Gasteiger partial charge in [-0.3, -0.25) is 4.79 Å². The summed E-state index contributed by atoms with van der Waals surface area (Å²) in [5.74, 6) is 0.127. The molecule has 5 nitrogen and oxygen atoms in total. The molecular weight excluding hydrogens is 328 g/mol. The Morgan fingerprint density at radius 2 is 2.23 bits per heavy atom. The number of piperidine rings is 1. The second-order valence-electron chi connectivity index (χ2n) is 7.65. The zero-order valence-corrected chi connectivity index (χ0v) is 15.7. The van der Waals surface area contributed by atoms with Gasteiger partial charge in [-0.2, -0.15) is 0 Å². The van der Waals surface area contributed by atoms with E-state index in [9.17, 15) is 4.79 Å². The molecule has 1 amide bonds. The number of ether oxygens (including phenoxy) is 2. The van der Waals surface area contributed by atoms with Gasteiger partial charge >= 0.3 is 0 Å². The average Bonchev–Trinajstić information content (AvgIpc) is 3.02. The molecule has 0 spiro atoms. The summed E-state index contributed by atoms with van der Waals surface area (Å²) < 4.78 is 13.9. The summed E-state index contributed by atoms with van der Waals surface area (Å²) in [5.41, 5.74) is 1.83. The molecule has 2 atom stereocenters. The van der Waals surface area contributed by atoms with Crippen molar-refractivity contribution in [2.24, 2.45) is 12.5 Å². The highest BCUT2D eigenvalue weighted by Crippen LogP contribution is 2.41. The summed E-state index contributed by atoms with van der Waals surface area (Å²) >= 11 is 0. The zero-order chi connectivity index (χ0) is 18.1. The third-order valence-electron chi connectivity index (χ3n) is 6.00. The topological polar surface area (TPSA) is 43.7 Å². The molecule has 1 aromatic heterocycles. The smallest absolute Gasteiger partial charge is 0.256 e. The van der Waals surface area contributed by atoms with Crippen LogP contribution in [-0.4, -0.2) is 54.4 Å². The van der Waals surface area contributed by atoms with Gasteiger partial charge < -0.3 is 18.9 Å². The maximum atomic E-state index is 13.3. The van der Waals surface area contributed by atoms with Crippen molar-refractivity contribution < 1.29 is 14.3 Å². The van der Waals surface area contributed by atoms with E-state index in [0.29, 0.717) is 13.2 Å². The lowest BCUT2D eigenvalue weighted by molar-refractivity contribution is -0.146. The predicted octanol–water partition coefficient (Wildman–Crippen LogP) is 3.23. The van der Waals surface area contributed by atoms with Gasteiger partial charge in [0.25, 0.3) is 5.91 Å². The minimum absolute atomic E-state index is 0.0627. The average molecular weight is 356 g/mol. The Morgan fingerprint density at radius 3 is 3.08 bits per heavy atom. The number of aromatic nitrogens is 1. The number of likely N-dealkylation sites (tertiary alicyclic amines) is 1. The van der Waals surface area contributed by atoms with E-state index in [1.165, 1.54) is 0 Å². The van der Waals surface area contributed by atoms with Gasteiger partial charge in [-0.05, 0) is 32.3 Å². The van der Waals surface area contributed by atoms with Crippen molar-refractivity contribution >= 4 is 16.8 Å². The first-order chi connectivity index (χ1) is 12.6. The van der Waals surface area contributed by atoms with Gasteiger partial charge in [0, 0.05) is 55.9 Å². The van der Waals surface area contributed by atoms with Crippen LogP contribution in [0.15, 0.2) is 30.5 Å². The summed E-state index contributed by atoms with van der Waals surface area (Å²) in [5, 5.41) is 1.03. The number of aryl methyl sites for hydroxylation is 1. The van der Waals surface area contributed by atoms with E-state index in [1.807, 2.05) is 47.8 Å². The quantitative estimate of drug-likeness (QED) is 0.845. The number of para-hydroxylation sites is 1. The molecule has 0 saturated carbocycles. The summed E-state index contributed by atoms with van der Waals surface area (Å²) in [7, 11) is 2.00. The Bertz CT molecular complexity index is 800. The van der Waals surface area contributed by atoms with Gasteiger partial charge in [-0.15, -0.1) is 0 Å². The van der Waals surface area contributed by atoms with E-state index < -0.39 is 0 Å². The molecule has 2 aliphatic rings. The molecule has 0 N–H and O–H groups in total. The molecule has 2 aliphatic heterocycles. The van der Waals surface area contributed by atoms with Gasteiger partial charge in [-0.25, -0.2) is 0 Å². The van der Waals surface area contributed by atoms with E-state index in [1.54, 1.807) is 0 Å². The maximum absolute atomic E-state index is 13.3. The van der Waals surface area contributed by atoms with Crippen molar-refractivity contribution in [1.82, 2.24) is 9.47 Å². The normalized spacial score (nSPS) is 26.1. The summed E-state index contributed by atoms with van der Waals surface area (Å²) in [6, 6.07) is 8.11. The molecule has 5 heteroatoms. The Morgan fingerprint density at radius 1 is 1.38 bits per heavy atom. The molecule has 3 heterocycles.